The number of pyridine rings is 1. The van der Waals surface area contributed by atoms with Crippen LogP contribution in [0, 0.1) is 6.92 Å². The maximum atomic E-state index is 4.84. The zero-order valence-electron chi connectivity index (χ0n) is 12.9. The van der Waals surface area contributed by atoms with Gasteiger partial charge in [-0.05, 0) is 43.4 Å². The normalized spacial score (nSPS) is 13.3. The summed E-state index contributed by atoms with van der Waals surface area (Å²) in [5.41, 5.74) is 7.72. The summed E-state index contributed by atoms with van der Waals surface area (Å²) in [4.78, 5) is 4.84. The lowest BCUT2D eigenvalue weighted by atomic mass is 10.1. The summed E-state index contributed by atoms with van der Waals surface area (Å²) in [6, 6.07) is 17.2. The molecular weight excluding hydrogens is 268 g/mol. The fourth-order valence-corrected chi connectivity index (χ4v) is 3.31. The van der Waals surface area contributed by atoms with Crippen molar-refractivity contribution in [1.82, 2.24) is 4.98 Å². The summed E-state index contributed by atoms with van der Waals surface area (Å²) in [5.74, 6) is 0. The van der Waals surface area contributed by atoms with Gasteiger partial charge in [0.1, 0.15) is 0 Å². The van der Waals surface area contributed by atoms with E-state index >= 15 is 0 Å². The summed E-state index contributed by atoms with van der Waals surface area (Å²) in [6.45, 7) is 2.99. The van der Waals surface area contributed by atoms with Crippen molar-refractivity contribution in [2.45, 2.75) is 32.7 Å². The Labute approximate surface area is 131 Å². The van der Waals surface area contributed by atoms with Gasteiger partial charge in [0.05, 0.1) is 5.52 Å². The van der Waals surface area contributed by atoms with Crippen LogP contribution in [-0.2, 0) is 19.4 Å². The molecule has 2 heteroatoms. The first-order chi connectivity index (χ1) is 10.8. The van der Waals surface area contributed by atoms with Gasteiger partial charge in [0.15, 0.2) is 0 Å². The van der Waals surface area contributed by atoms with E-state index in [1.165, 1.54) is 39.9 Å². The van der Waals surface area contributed by atoms with Crippen molar-refractivity contribution >= 4 is 16.6 Å². The summed E-state index contributed by atoms with van der Waals surface area (Å²) in [6.07, 6.45) is 3.47. The van der Waals surface area contributed by atoms with E-state index in [4.69, 9.17) is 4.98 Å². The molecule has 0 fully saturated rings. The van der Waals surface area contributed by atoms with Crippen LogP contribution in [0.1, 0.15) is 28.8 Å². The van der Waals surface area contributed by atoms with E-state index < -0.39 is 0 Å². The second-order valence-corrected chi connectivity index (χ2v) is 6.12. The van der Waals surface area contributed by atoms with Crippen molar-refractivity contribution in [3.05, 3.63) is 70.9 Å². The summed E-state index contributed by atoms with van der Waals surface area (Å²) < 4.78 is 0. The van der Waals surface area contributed by atoms with E-state index in [1.807, 2.05) is 0 Å². The van der Waals surface area contributed by atoms with Gasteiger partial charge in [0, 0.05) is 23.3 Å². The molecule has 22 heavy (non-hydrogen) atoms. The molecule has 0 saturated carbocycles. The maximum absolute atomic E-state index is 4.84. The number of nitrogens with zero attached hydrogens (tertiary/aromatic N) is 1. The van der Waals surface area contributed by atoms with Crippen LogP contribution in [0.15, 0.2) is 48.5 Å². The van der Waals surface area contributed by atoms with Gasteiger partial charge in [-0.25, -0.2) is 0 Å². The van der Waals surface area contributed by atoms with Crippen LogP contribution in [-0.4, -0.2) is 4.98 Å². The van der Waals surface area contributed by atoms with Crippen LogP contribution in [0.3, 0.4) is 0 Å². The van der Waals surface area contributed by atoms with E-state index in [0.717, 1.165) is 24.9 Å². The molecule has 0 amide bonds. The number of aromatic nitrogens is 1. The van der Waals surface area contributed by atoms with Crippen molar-refractivity contribution < 1.29 is 0 Å². The smallest absolute Gasteiger partial charge is 0.0726 e. The lowest BCUT2D eigenvalue weighted by Crippen LogP contribution is -2.04. The molecule has 1 aromatic heterocycles. The van der Waals surface area contributed by atoms with Crippen LogP contribution < -0.4 is 5.32 Å². The predicted molar refractivity (Wildman–Crippen MR) is 92.3 cm³/mol. The minimum Gasteiger partial charge on any atom is -0.380 e. The zero-order chi connectivity index (χ0) is 14.9. The highest BCUT2D eigenvalue weighted by atomic mass is 14.9. The standard InChI is InChI=1S/C20H20N2/c1-14-9-11-15(12-10-14)13-21-20-16-5-2-3-7-18(16)22-19-8-4-6-17(19)20/h2-3,5,7,9-12H,4,6,8,13H2,1H3,(H,21,22). The first-order valence-corrected chi connectivity index (χ1v) is 8.01. The summed E-state index contributed by atoms with van der Waals surface area (Å²) >= 11 is 0. The summed E-state index contributed by atoms with van der Waals surface area (Å²) in [7, 11) is 0. The number of anilines is 1. The second-order valence-electron chi connectivity index (χ2n) is 6.12. The largest absolute Gasteiger partial charge is 0.380 e. The summed E-state index contributed by atoms with van der Waals surface area (Å²) in [5, 5.41) is 4.93. The third-order valence-corrected chi connectivity index (χ3v) is 4.51. The lowest BCUT2D eigenvalue weighted by Gasteiger charge is -2.15. The molecule has 4 rings (SSSR count). The van der Waals surface area contributed by atoms with Crippen molar-refractivity contribution in [3.8, 4) is 0 Å². The van der Waals surface area contributed by atoms with Gasteiger partial charge < -0.3 is 5.32 Å². The van der Waals surface area contributed by atoms with E-state index in [2.05, 4.69) is 60.8 Å². The van der Waals surface area contributed by atoms with Crippen molar-refractivity contribution in [3.63, 3.8) is 0 Å². The number of aryl methyl sites for hydroxylation is 2. The number of para-hydroxylation sites is 1. The molecule has 0 atom stereocenters. The Morgan fingerprint density at radius 3 is 2.68 bits per heavy atom. The van der Waals surface area contributed by atoms with Gasteiger partial charge in [-0.2, -0.15) is 0 Å². The average Bonchev–Trinajstić information content (AvgIpc) is 3.01. The molecule has 1 aliphatic rings. The Kier molecular flexibility index (Phi) is 3.30. The molecule has 1 heterocycles. The van der Waals surface area contributed by atoms with E-state index in [1.54, 1.807) is 0 Å². The highest BCUT2D eigenvalue weighted by Gasteiger charge is 2.19. The van der Waals surface area contributed by atoms with Gasteiger partial charge in [-0.15, -0.1) is 0 Å². The molecule has 0 unspecified atom stereocenters. The lowest BCUT2D eigenvalue weighted by molar-refractivity contribution is 0.901. The Hall–Kier alpha value is -2.35. The monoisotopic (exact) mass is 288 g/mol. The molecule has 2 aromatic carbocycles. The molecule has 1 aliphatic carbocycles. The third-order valence-electron chi connectivity index (χ3n) is 4.51. The zero-order valence-corrected chi connectivity index (χ0v) is 12.9. The first kappa shape index (κ1) is 13.3. The van der Waals surface area contributed by atoms with Crippen LogP contribution in [0.2, 0.25) is 0 Å². The number of nitrogens with one attached hydrogen (secondary N) is 1. The number of hydrogen-bond acceptors (Lipinski definition) is 2. The fourth-order valence-electron chi connectivity index (χ4n) is 3.31. The molecule has 0 radical (unpaired) electrons. The van der Waals surface area contributed by atoms with E-state index in [0.29, 0.717) is 0 Å². The topological polar surface area (TPSA) is 24.9 Å². The number of rotatable bonds is 3. The maximum Gasteiger partial charge on any atom is 0.0726 e. The Balaban J connectivity index is 1.72. The van der Waals surface area contributed by atoms with Gasteiger partial charge >= 0.3 is 0 Å². The van der Waals surface area contributed by atoms with Gasteiger partial charge in [0.2, 0.25) is 0 Å². The Bertz CT molecular complexity index is 819. The van der Waals surface area contributed by atoms with Crippen LogP contribution >= 0.6 is 0 Å². The quantitative estimate of drug-likeness (QED) is 0.759. The minimum atomic E-state index is 0.862. The van der Waals surface area contributed by atoms with E-state index in [-0.39, 0.29) is 0 Å². The Morgan fingerprint density at radius 2 is 1.82 bits per heavy atom. The van der Waals surface area contributed by atoms with Crippen molar-refractivity contribution in [2.75, 3.05) is 5.32 Å². The van der Waals surface area contributed by atoms with Crippen LogP contribution in [0.5, 0.6) is 0 Å². The average molecular weight is 288 g/mol. The molecule has 0 bridgehead atoms. The molecule has 1 N–H and O–H groups in total. The number of fused-ring (bicyclic) bond motifs is 2. The predicted octanol–water partition coefficient (Wildman–Crippen LogP) is 4.64. The minimum absolute atomic E-state index is 0.862. The molecular formula is C20H20N2. The second kappa shape index (κ2) is 5.45. The highest BCUT2D eigenvalue weighted by Crippen LogP contribution is 2.34. The molecule has 110 valence electrons. The van der Waals surface area contributed by atoms with Crippen molar-refractivity contribution in [1.29, 1.82) is 0 Å². The Morgan fingerprint density at radius 1 is 1.00 bits per heavy atom. The number of hydrogen-bond donors (Lipinski definition) is 1. The van der Waals surface area contributed by atoms with Crippen molar-refractivity contribution in [2.24, 2.45) is 0 Å². The SMILES string of the molecule is Cc1ccc(CNc2c3c(nc4ccccc24)CCC3)cc1. The third kappa shape index (κ3) is 2.35. The fraction of sp³-hybridized carbons (Fsp3) is 0.250. The molecule has 2 nitrogen and oxygen atoms in total. The van der Waals surface area contributed by atoms with Crippen LogP contribution in [0.25, 0.3) is 10.9 Å². The molecule has 0 aliphatic heterocycles. The van der Waals surface area contributed by atoms with E-state index in [9.17, 15) is 0 Å². The van der Waals surface area contributed by atoms with Gasteiger partial charge in [-0.3, -0.25) is 4.98 Å². The van der Waals surface area contributed by atoms with Crippen LogP contribution in [0.4, 0.5) is 5.69 Å². The number of benzene rings is 2. The molecule has 0 spiro atoms. The molecule has 3 aromatic rings. The van der Waals surface area contributed by atoms with Gasteiger partial charge in [0.25, 0.3) is 0 Å². The van der Waals surface area contributed by atoms with Gasteiger partial charge in [-0.1, -0.05) is 48.0 Å². The molecule has 0 saturated heterocycles. The first-order valence-electron chi connectivity index (χ1n) is 8.01. The highest BCUT2D eigenvalue weighted by molar-refractivity contribution is 5.93.